The third-order valence-corrected chi connectivity index (χ3v) is 3.51. The van der Waals surface area contributed by atoms with E-state index in [9.17, 15) is 0 Å². The van der Waals surface area contributed by atoms with Gasteiger partial charge in [-0.25, -0.2) is 0 Å². The number of β-amino-alcohol motifs (C(OH)–C–C–N with tert-alkyl or cyclic N) is 1. The lowest BCUT2D eigenvalue weighted by Gasteiger charge is -2.31. The summed E-state index contributed by atoms with van der Waals surface area (Å²) in [5.41, 5.74) is 0. The van der Waals surface area contributed by atoms with Crippen LogP contribution in [0.2, 0.25) is 0 Å². The smallest absolute Gasteiger partial charge is 0.0558 e. The molecule has 1 N–H and O–H groups in total. The van der Waals surface area contributed by atoms with Gasteiger partial charge in [0.05, 0.1) is 6.61 Å². The molecule has 0 spiro atoms. The van der Waals surface area contributed by atoms with E-state index in [-0.39, 0.29) is 0 Å². The van der Waals surface area contributed by atoms with Gasteiger partial charge < -0.3 is 5.11 Å². The van der Waals surface area contributed by atoms with Crippen molar-refractivity contribution in [2.75, 3.05) is 19.7 Å². The zero-order chi connectivity index (χ0) is 8.39. The van der Waals surface area contributed by atoms with Gasteiger partial charge in [0, 0.05) is 12.6 Å². The van der Waals surface area contributed by atoms with Crippen LogP contribution in [0, 0.1) is 5.92 Å². The van der Waals surface area contributed by atoms with Crippen LogP contribution in [0.15, 0.2) is 0 Å². The molecule has 0 bridgehead atoms. The minimum atomic E-state index is 0.337. The predicted octanol–water partition coefficient (Wildman–Crippen LogP) is 1.24. The summed E-state index contributed by atoms with van der Waals surface area (Å²) in [7, 11) is 0. The molecule has 1 saturated carbocycles. The van der Waals surface area contributed by atoms with Crippen molar-refractivity contribution in [3.05, 3.63) is 0 Å². The van der Waals surface area contributed by atoms with Crippen molar-refractivity contribution < 1.29 is 5.11 Å². The highest BCUT2D eigenvalue weighted by Gasteiger charge is 2.34. The van der Waals surface area contributed by atoms with E-state index >= 15 is 0 Å². The van der Waals surface area contributed by atoms with E-state index in [1.54, 1.807) is 0 Å². The Morgan fingerprint density at radius 2 is 2.00 bits per heavy atom. The Bertz CT molecular complexity index is 149. The number of aliphatic hydroxyl groups is 1. The van der Waals surface area contributed by atoms with Gasteiger partial charge in [0.25, 0.3) is 0 Å². The van der Waals surface area contributed by atoms with Crippen molar-refractivity contribution >= 4 is 0 Å². The van der Waals surface area contributed by atoms with Crippen molar-refractivity contribution in [1.82, 2.24) is 4.90 Å². The highest BCUT2D eigenvalue weighted by Crippen LogP contribution is 2.35. The molecule has 2 atom stereocenters. The van der Waals surface area contributed by atoms with Crippen molar-refractivity contribution in [3.8, 4) is 0 Å². The Morgan fingerprint density at radius 1 is 1.17 bits per heavy atom. The molecule has 1 aliphatic heterocycles. The molecule has 1 aliphatic carbocycles. The van der Waals surface area contributed by atoms with Gasteiger partial charge in [-0.3, -0.25) is 4.90 Å². The quantitative estimate of drug-likeness (QED) is 0.672. The lowest BCUT2D eigenvalue weighted by molar-refractivity contribution is 0.147. The largest absolute Gasteiger partial charge is 0.395 e. The standard InChI is InChI=1S/C10H19NO/c12-8-7-11-6-5-9-3-1-2-4-10(9)11/h9-10,12H,1-8H2. The molecule has 1 saturated heterocycles. The van der Waals surface area contributed by atoms with E-state index in [2.05, 4.69) is 4.90 Å². The number of hydrogen-bond donors (Lipinski definition) is 1. The maximum atomic E-state index is 8.88. The van der Waals surface area contributed by atoms with Crippen LogP contribution < -0.4 is 0 Å². The van der Waals surface area contributed by atoms with Gasteiger partial charge in [0.15, 0.2) is 0 Å². The van der Waals surface area contributed by atoms with Crippen molar-refractivity contribution in [2.24, 2.45) is 5.92 Å². The molecule has 0 aromatic heterocycles. The molecule has 2 heteroatoms. The zero-order valence-corrected chi connectivity index (χ0v) is 7.71. The Labute approximate surface area is 74.6 Å². The van der Waals surface area contributed by atoms with Gasteiger partial charge in [-0.05, 0) is 31.7 Å². The predicted molar refractivity (Wildman–Crippen MR) is 49.0 cm³/mol. The molecular formula is C10H19NO. The van der Waals surface area contributed by atoms with E-state index in [0.717, 1.165) is 18.5 Å². The second kappa shape index (κ2) is 3.75. The summed E-state index contributed by atoms with van der Waals surface area (Å²) < 4.78 is 0. The summed E-state index contributed by atoms with van der Waals surface area (Å²) >= 11 is 0. The first kappa shape index (κ1) is 8.52. The molecule has 2 unspecified atom stereocenters. The summed E-state index contributed by atoms with van der Waals surface area (Å²) in [6.45, 7) is 2.47. The average molecular weight is 169 g/mol. The second-order valence-corrected chi connectivity index (χ2v) is 4.16. The van der Waals surface area contributed by atoms with Crippen LogP contribution in [0.25, 0.3) is 0 Å². The number of fused-ring (bicyclic) bond motifs is 1. The first-order chi connectivity index (χ1) is 5.92. The van der Waals surface area contributed by atoms with Gasteiger partial charge in [-0.1, -0.05) is 12.8 Å². The van der Waals surface area contributed by atoms with E-state index in [0.29, 0.717) is 6.61 Å². The highest BCUT2D eigenvalue weighted by atomic mass is 16.3. The van der Waals surface area contributed by atoms with E-state index in [4.69, 9.17) is 5.11 Å². The van der Waals surface area contributed by atoms with Gasteiger partial charge in [0.1, 0.15) is 0 Å². The third-order valence-electron chi connectivity index (χ3n) is 3.51. The molecule has 2 rings (SSSR count). The number of rotatable bonds is 2. The molecule has 1 heterocycles. The van der Waals surface area contributed by atoms with Crippen molar-refractivity contribution in [1.29, 1.82) is 0 Å². The molecule has 0 radical (unpaired) electrons. The molecule has 0 aromatic rings. The molecule has 2 nitrogen and oxygen atoms in total. The lowest BCUT2D eigenvalue weighted by Crippen LogP contribution is -2.36. The number of likely N-dealkylation sites (tertiary alicyclic amines) is 1. The first-order valence-corrected chi connectivity index (χ1v) is 5.26. The van der Waals surface area contributed by atoms with Crippen LogP contribution in [0.5, 0.6) is 0 Å². The van der Waals surface area contributed by atoms with Crippen LogP contribution in [-0.4, -0.2) is 35.7 Å². The Hall–Kier alpha value is -0.0800. The minimum absolute atomic E-state index is 0.337. The van der Waals surface area contributed by atoms with Crippen molar-refractivity contribution in [2.45, 2.75) is 38.1 Å². The lowest BCUT2D eigenvalue weighted by atomic mass is 9.85. The maximum absolute atomic E-state index is 8.88. The Kier molecular flexibility index (Phi) is 2.66. The van der Waals surface area contributed by atoms with Crippen LogP contribution in [0.3, 0.4) is 0 Å². The van der Waals surface area contributed by atoms with Gasteiger partial charge in [-0.2, -0.15) is 0 Å². The number of aliphatic hydroxyl groups excluding tert-OH is 1. The maximum Gasteiger partial charge on any atom is 0.0558 e. The summed E-state index contributed by atoms with van der Waals surface area (Å²) in [5, 5.41) is 8.88. The molecule has 0 aromatic carbocycles. The van der Waals surface area contributed by atoms with Gasteiger partial charge in [-0.15, -0.1) is 0 Å². The van der Waals surface area contributed by atoms with Crippen LogP contribution in [0.4, 0.5) is 0 Å². The topological polar surface area (TPSA) is 23.5 Å². The molecular weight excluding hydrogens is 150 g/mol. The summed E-state index contributed by atoms with van der Waals surface area (Å²) in [4.78, 5) is 2.49. The van der Waals surface area contributed by atoms with Crippen LogP contribution in [0.1, 0.15) is 32.1 Å². The van der Waals surface area contributed by atoms with Gasteiger partial charge >= 0.3 is 0 Å². The average Bonchev–Trinajstić information content (AvgIpc) is 2.50. The highest BCUT2D eigenvalue weighted by molar-refractivity contribution is 4.89. The summed E-state index contributed by atoms with van der Waals surface area (Å²) in [6, 6.07) is 0.825. The molecule has 0 amide bonds. The molecule has 2 aliphatic rings. The zero-order valence-electron chi connectivity index (χ0n) is 7.71. The normalized spacial score (nSPS) is 36.8. The van der Waals surface area contributed by atoms with E-state index < -0.39 is 0 Å². The van der Waals surface area contributed by atoms with Crippen molar-refractivity contribution in [3.63, 3.8) is 0 Å². The summed E-state index contributed by atoms with van der Waals surface area (Å²) in [5.74, 6) is 0.963. The molecule has 2 fully saturated rings. The first-order valence-electron chi connectivity index (χ1n) is 5.26. The second-order valence-electron chi connectivity index (χ2n) is 4.16. The van der Waals surface area contributed by atoms with Gasteiger partial charge in [0.2, 0.25) is 0 Å². The number of hydrogen-bond acceptors (Lipinski definition) is 2. The fraction of sp³-hybridized carbons (Fsp3) is 1.00. The fourth-order valence-electron chi connectivity index (χ4n) is 2.91. The Balaban J connectivity index is 1.92. The molecule has 70 valence electrons. The fourth-order valence-corrected chi connectivity index (χ4v) is 2.91. The minimum Gasteiger partial charge on any atom is -0.395 e. The van der Waals surface area contributed by atoms with E-state index in [1.165, 1.54) is 38.6 Å². The number of nitrogens with zero attached hydrogens (tertiary/aromatic N) is 1. The van der Waals surface area contributed by atoms with Crippen LogP contribution in [-0.2, 0) is 0 Å². The monoisotopic (exact) mass is 169 g/mol. The third kappa shape index (κ3) is 1.50. The SMILES string of the molecule is OCCN1CCC2CCCCC21. The summed E-state index contributed by atoms with van der Waals surface area (Å²) in [6.07, 6.45) is 7.04. The van der Waals surface area contributed by atoms with Crippen LogP contribution >= 0.6 is 0 Å². The van der Waals surface area contributed by atoms with E-state index in [1.807, 2.05) is 0 Å². The Morgan fingerprint density at radius 3 is 2.83 bits per heavy atom. The molecule has 12 heavy (non-hydrogen) atoms.